The number of nitrogens with one attached hydrogen (secondary N) is 1. The number of alkyl halides is 3. The molecule has 162 valence electrons. The van der Waals surface area contributed by atoms with Crippen LogP contribution in [0.1, 0.15) is 18.4 Å². The van der Waals surface area contributed by atoms with Gasteiger partial charge >= 0.3 is 6.18 Å². The van der Waals surface area contributed by atoms with E-state index in [0.717, 1.165) is 56.0 Å². The minimum atomic E-state index is -4.53. The van der Waals surface area contributed by atoms with Crippen LogP contribution in [0.2, 0.25) is 0 Å². The lowest BCUT2D eigenvalue weighted by molar-refractivity contribution is -0.137. The zero-order valence-corrected chi connectivity index (χ0v) is 17.1. The van der Waals surface area contributed by atoms with Crippen molar-refractivity contribution in [2.75, 3.05) is 22.7 Å². The molecule has 0 atom stereocenters. The summed E-state index contributed by atoms with van der Waals surface area (Å²) in [6, 6.07) is 13.6. The summed E-state index contributed by atoms with van der Waals surface area (Å²) >= 11 is 0. The minimum absolute atomic E-state index is 0.263. The van der Waals surface area contributed by atoms with Gasteiger partial charge in [-0.25, -0.2) is 8.42 Å². The van der Waals surface area contributed by atoms with E-state index in [0.29, 0.717) is 11.3 Å². The highest BCUT2D eigenvalue weighted by Gasteiger charge is 2.30. The number of aromatic nitrogens is 2. The second-order valence-electron chi connectivity index (χ2n) is 7.18. The lowest BCUT2D eigenvalue weighted by Crippen LogP contribution is -2.19. The summed E-state index contributed by atoms with van der Waals surface area (Å²) in [5, 5.41) is 8.51. The van der Waals surface area contributed by atoms with Crippen LogP contribution < -0.4 is 9.62 Å². The number of sulfonamides is 1. The summed E-state index contributed by atoms with van der Waals surface area (Å²) in [5.74, 6) is 0.806. The third kappa shape index (κ3) is 4.79. The normalized spacial score (nSPS) is 14.6. The van der Waals surface area contributed by atoms with Gasteiger partial charge in [0, 0.05) is 24.3 Å². The Morgan fingerprint density at radius 3 is 2.23 bits per heavy atom. The number of nitrogens with zero attached hydrogens (tertiary/aromatic N) is 3. The topological polar surface area (TPSA) is 75.2 Å². The van der Waals surface area contributed by atoms with Crippen LogP contribution in [-0.4, -0.2) is 31.7 Å². The van der Waals surface area contributed by atoms with Crippen molar-refractivity contribution in [3.8, 4) is 11.3 Å². The molecule has 2 heterocycles. The van der Waals surface area contributed by atoms with E-state index in [9.17, 15) is 21.6 Å². The minimum Gasteiger partial charge on any atom is -0.355 e. The molecule has 0 aliphatic carbocycles. The van der Waals surface area contributed by atoms with E-state index < -0.39 is 21.8 Å². The fraction of sp³-hybridized carbons (Fsp3) is 0.238. The predicted octanol–water partition coefficient (Wildman–Crippen LogP) is 4.56. The molecule has 1 N–H and O–H groups in total. The Morgan fingerprint density at radius 1 is 0.903 bits per heavy atom. The van der Waals surface area contributed by atoms with Gasteiger partial charge in [0.25, 0.3) is 10.0 Å². The molecule has 31 heavy (non-hydrogen) atoms. The van der Waals surface area contributed by atoms with Crippen LogP contribution >= 0.6 is 0 Å². The first-order valence-electron chi connectivity index (χ1n) is 9.62. The van der Waals surface area contributed by atoms with Gasteiger partial charge < -0.3 is 4.90 Å². The lowest BCUT2D eigenvalue weighted by Gasteiger charge is -2.15. The van der Waals surface area contributed by atoms with Gasteiger partial charge in [0.2, 0.25) is 0 Å². The molecular weight excluding hydrogens is 429 g/mol. The fourth-order valence-electron chi connectivity index (χ4n) is 3.37. The van der Waals surface area contributed by atoms with Crippen molar-refractivity contribution in [1.82, 2.24) is 10.2 Å². The van der Waals surface area contributed by atoms with Gasteiger partial charge in [0.15, 0.2) is 5.82 Å². The van der Waals surface area contributed by atoms with Crippen LogP contribution in [0, 0.1) is 0 Å². The van der Waals surface area contributed by atoms with Crippen molar-refractivity contribution in [2.45, 2.75) is 23.9 Å². The molecule has 1 aromatic heterocycles. The van der Waals surface area contributed by atoms with Crippen LogP contribution in [0.5, 0.6) is 0 Å². The molecule has 0 radical (unpaired) electrons. The first-order valence-corrected chi connectivity index (χ1v) is 11.1. The molecule has 1 aliphatic rings. The molecule has 6 nitrogen and oxygen atoms in total. The van der Waals surface area contributed by atoms with E-state index in [1.807, 2.05) is 12.1 Å². The predicted molar refractivity (Wildman–Crippen MR) is 111 cm³/mol. The van der Waals surface area contributed by atoms with Crippen molar-refractivity contribution >= 4 is 21.5 Å². The van der Waals surface area contributed by atoms with Crippen LogP contribution in [0.3, 0.4) is 0 Å². The molecule has 0 spiro atoms. The molecule has 2 aromatic carbocycles. The highest BCUT2D eigenvalue weighted by Crippen LogP contribution is 2.30. The monoisotopic (exact) mass is 448 g/mol. The quantitative estimate of drug-likeness (QED) is 0.619. The van der Waals surface area contributed by atoms with E-state index in [-0.39, 0.29) is 10.6 Å². The van der Waals surface area contributed by atoms with E-state index in [1.54, 1.807) is 24.3 Å². The van der Waals surface area contributed by atoms with Crippen molar-refractivity contribution < 1.29 is 21.6 Å². The number of rotatable bonds is 5. The summed E-state index contributed by atoms with van der Waals surface area (Å²) in [4.78, 5) is 1.89. The zero-order valence-electron chi connectivity index (χ0n) is 16.3. The van der Waals surface area contributed by atoms with Gasteiger partial charge in [-0.3, -0.25) is 4.72 Å². The maximum atomic E-state index is 12.7. The Kier molecular flexibility index (Phi) is 5.57. The van der Waals surface area contributed by atoms with Gasteiger partial charge in [-0.15, -0.1) is 10.2 Å². The smallest absolute Gasteiger partial charge is 0.355 e. The molecule has 0 saturated carbocycles. The summed E-state index contributed by atoms with van der Waals surface area (Å²) in [7, 11) is -4.05. The number of anilines is 2. The molecule has 0 amide bonds. The molecule has 4 rings (SSSR count). The largest absolute Gasteiger partial charge is 0.416 e. The number of benzene rings is 2. The van der Waals surface area contributed by atoms with E-state index in [4.69, 9.17) is 0 Å². The van der Waals surface area contributed by atoms with Crippen molar-refractivity contribution in [3.63, 3.8) is 0 Å². The van der Waals surface area contributed by atoms with Gasteiger partial charge in [-0.1, -0.05) is 12.1 Å². The third-order valence-electron chi connectivity index (χ3n) is 4.98. The van der Waals surface area contributed by atoms with Gasteiger partial charge in [-0.2, -0.15) is 13.2 Å². The second kappa shape index (κ2) is 8.18. The maximum absolute atomic E-state index is 12.7. The van der Waals surface area contributed by atoms with Crippen LogP contribution in [0.4, 0.5) is 24.7 Å². The van der Waals surface area contributed by atoms with E-state index in [2.05, 4.69) is 19.8 Å². The SMILES string of the molecule is O=S(=O)(Nc1cccc(-c2ccc(N3CCCC3)nn2)c1)c1ccc(C(F)(F)F)cc1. The second-order valence-corrected chi connectivity index (χ2v) is 8.86. The van der Waals surface area contributed by atoms with Crippen molar-refractivity contribution in [3.05, 3.63) is 66.2 Å². The summed E-state index contributed by atoms with van der Waals surface area (Å²) in [6.07, 6.45) is -2.27. The first-order chi connectivity index (χ1) is 14.7. The summed E-state index contributed by atoms with van der Waals surface area (Å²) in [5.41, 5.74) is 0.596. The number of hydrogen-bond donors (Lipinski definition) is 1. The van der Waals surface area contributed by atoms with E-state index >= 15 is 0 Å². The Labute approximate surface area is 177 Å². The standard InChI is InChI=1S/C21H19F3N4O2S/c22-21(23,24)16-6-8-18(9-7-16)31(29,30)27-17-5-3-4-15(14-17)19-10-11-20(26-25-19)28-12-1-2-13-28/h3-11,14,27H,1-2,12-13H2. The molecular formula is C21H19F3N4O2S. The van der Waals surface area contributed by atoms with Gasteiger partial charge in [0.05, 0.1) is 16.2 Å². The van der Waals surface area contributed by atoms with E-state index in [1.165, 1.54) is 0 Å². The molecule has 1 aliphatic heterocycles. The lowest BCUT2D eigenvalue weighted by atomic mass is 10.1. The molecule has 1 saturated heterocycles. The zero-order chi connectivity index (χ0) is 22.1. The van der Waals surface area contributed by atoms with Crippen molar-refractivity contribution in [2.24, 2.45) is 0 Å². The summed E-state index contributed by atoms with van der Waals surface area (Å²) < 4.78 is 65.7. The molecule has 0 unspecified atom stereocenters. The highest BCUT2D eigenvalue weighted by atomic mass is 32.2. The van der Waals surface area contributed by atoms with Crippen LogP contribution in [0.15, 0.2) is 65.6 Å². The molecule has 1 fully saturated rings. The summed E-state index contributed by atoms with van der Waals surface area (Å²) in [6.45, 7) is 1.91. The molecule has 10 heteroatoms. The average Bonchev–Trinajstić information content (AvgIpc) is 3.28. The Morgan fingerprint density at radius 2 is 1.61 bits per heavy atom. The number of halogens is 3. The Hall–Kier alpha value is -3.14. The van der Waals surface area contributed by atoms with Gasteiger partial charge in [0.1, 0.15) is 0 Å². The molecule has 3 aromatic rings. The fourth-order valence-corrected chi connectivity index (χ4v) is 4.42. The number of hydrogen-bond acceptors (Lipinski definition) is 5. The van der Waals surface area contributed by atoms with Gasteiger partial charge in [-0.05, 0) is 61.4 Å². The van der Waals surface area contributed by atoms with Crippen LogP contribution in [-0.2, 0) is 16.2 Å². The Balaban J connectivity index is 1.52. The average molecular weight is 448 g/mol. The Bertz CT molecular complexity index is 1160. The maximum Gasteiger partial charge on any atom is 0.416 e. The molecule has 0 bridgehead atoms. The first kappa shape index (κ1) is 21.1. The van der Waals surface area contributed by atoms with Crippen molar-refractivity contribution in [1.29, 1.82) is 0 Å². The third-order valence-corrected chi connectivity index (χ3v) is 6.38. The highest BCUT2D eigenvalue weighted by molar-refractivity contribution is 7.92. The van der Waals surface area contributed by atoms with Crippen LogP contribution in [0.25, 0.3) is 11.3 Å².